The minimum Gasteiger partial charge on any atom is -0.484 e. The predicted octanol–water partition coefficient (Wildman–Crippen LogP) is 3.78. The van der Waals surface area contributed by atoms with Crippen LogP contribution in [0.2, 0.25) is 0 Å². The first kappa shape index (κ1) is 18.4. The number of hydrogen-bond acceptors (Lipinski definition) is 5. The summed E-state index contributed by atoms with van der Waals surface area (Å²) in [4.78, 5) is 21.3. The molecule has 27 heavy (non-hydrogen) atoms. The number of benzene rings is 2. The molecule has 1 aliphatic heterocycles. The van der Waals surface area contributed by atoms with Gasteiger partial charge >= 0.3 is 0 Å². The molecule has 1 aliphatic rings. The lowest BCUT2D eigenvalue weighted by molar-refractivity contribution is -0.135. The van der Waals surface area contributed by atoms with Gasteiger partial charge in [0.1, 0.15) is 10.8 Å². The topological polar surface area (TPSA) is 45.7 Å². The summed E-state index contributed by atoms with van der Waals surface area (Å²) < 4.78 is 7.78. The maximum atomic E-state index is 12.4. The van der Waals surface area contributed by atoms with Crippen LogP contribution in [0.3, 0.4) is 0 Å². The third kappa shape index (κ3) is 4.66. The zero-order valence-electron chi connectivity index (χ0n) is 14.8. The summed E-state index contributed by atoms with van der Waals surface area (Å²) in [7, 11) is 0. The lowest BCUT2D eigenvalue weighted by atomic mass is 10.3. The van der Waals surface area contributed by atoms with E-state index in [2.05, 4.69) is 33.0 Å². The summed E-state index contributed by atoms with van der Waals surface area (Å²) in [5, 5.41) is 1.13. The molecule has 0 saturated carbocycles. The van der Waals surface area contributed by atoms with Crippen LogP contribution in [0.1, 0.15) is 5.01 Å². The molecule has 2 heterocycles. The van der Waals surface area contributed by atoms with Gasteiger partial charge in [-0.15, -0.1) is 11.3 Å². The number of piperazine rings is 1. The van der Waals surface area contributed by atoms with Crippen molar-refractivity contribution in [1.82, 2.24) is 14.8 Å². The monoisotopic (exact) mass is 445 g/mol. The van der Waals surface area contributed by atoms with Gasteiger partial charge in [0, 0.05) is 30.7 Å². The highest BCUT2D eigenvalue weighted by Crippen LogP contribution is 2.23. The number of hydrogen-bond donors (Lipinski definition) is 0. The van der Waals surface area contributed by atoms with Crippen molar-refractivity contribution >= 4 is 43.4 Å². The van der Waals surface area contributed by atoms with Gasteiger partial charge < -0.3 is 9.64 Å². The number of aromatic nitrogens is 1. The summed E-state index contributed by atoms with van der Waals surface area (Å²) in [6, 6.07) is 15.8. The molecule has 0 spiro atoms. The van der Waals surface area contributed by atoms with Crippen molar-refractivity contribution in [2.75, 3.05) is 32.8 Å². The Balaban J connectivity index is 1.26. The van der Waals surface area contributed by atoms with E-state index >= 15 is 0 Å². The van der Waals surface area contributed by atoms with Gasteiger partial charge in [0.2, 0.25) is 0 Å². The van der Waals surface area contributed by atoms with E-state index in [0.29, 0.717) is 5.75 Å². The summed E-state index contributed by atoms with van der Waals surface area (Å²) in [6.45, 7) is 4.10. The lowest BCUT2D eigenvalue weighted by Gasteiger charge is -2.34. The Morgan fingerprint density at radius 3 is 2.70 bits per heavy atom. The Kier molecular flexibility index (Phi) is 5.71. The summed E-state index contributed by atoms with van der Waals surface area (Å²) >= 11 is 5.15. The van der Waals surface area contributed by atoms with E-state index in [9.17, 15) is 4.79 Å². The highest BCUT2D eigenvalue weighted by molar-refractivity contribution is 9.10. The SMILES string of the molecule is O=C(COc1cccc(Br)c1)N1CCN(Cc2nc3ccccc3s2)CC1. The Bertz CT molecular complexity index is 905. The minimum absolute atomic E-state index is 0.0367. The standard InChI is InChI=1S/C20H20BrN3O2S/c21-15-4-3-5-16(12-15)26-14-20(25)24-10-8-23(9-11-24)13-19-22-17-6-1-2-7-18(17)27-19/h1-7,12H,8-11,13-14H2. The molecule has 3 aromatic rings. The van der Waals surface area contributed by atoms with Crippen molar-refractivity contribution in [2.24, 2.45) is 0 Å². The largest absolute Gasteiger partial charge is 0.484 e. The number of halogens is 1. The van der Waals surface area contributed by atoms with E-state index in [-0.39, 0.29) is 12.5 Å². The maximum absolute atomic E-state index is 12.4. The number of carbonyl (C=O) groups is 1. The Hall–Kier alpha value is -1.96. The van der Waals surface area contributed by atoms with Crippen molar-refractivity contribution in [2.45, 2.75) is 6.54 Å². The van der Waals surface area contributed by atoms with Crippen LogP contribution in [-0.4, -0.2) is 53.5 Å². The number of rotatable bonds is 5. The lowest BCUT2D eigenvalue weighted by Crippen LogP contribution is -2.49. The minimum atomic E-state index is 0.0367. The fourth-order valence-corrected chi connectivity index (χ4v) is 4.52. The highest BCUT2D eigenvalue weighted by atomic mass is 79.9. The van der Waals surface area contributed by atoms with Crippen LogP contribution in [0, 0.1) is 0 Å². The van der Waals surface area contributed by atoms with Crippen LogP contribution < -0.4 is 4.74 Å². The molecule has 0 atom stereocenters. The van der Waals surface area contributed by atoms with Crippen molar-refractivity contribution in [3.05, 3.63) is 58.0 Å². The second kappa shape index (κ2) is 8.37. The number of nitrogens with zero attached hydrogens (tertiary/aromatic N) is 3. The number of amides is 1. The molecule has 4 rings (SSSR count). The molecule has 0 aliphatic carbocycles. The second-order valence-corrected chi connectivity index (χ2v) is 8.51. The molecule has 140 valence electrons. The van der Waals surface area contributed by atoms with E-state index < -0.39 is 0 Å². The summed E-state index contributed by atoms with van der Waals surface area (Å²) in [5.74, 6) is 0.738. The van der Waals surface area contributed by atoms with E-state index in [1.807, 2.05) is 41.3 Å². The van der Waals surface area contributed by atoms with Gasteiger partial charge in [-0.3, -0.25) is 9.69 Å². The predicted molar refractivity (Wildman–Crippen MR) is 111 cm³/mol. The smallest absolute Gasteiger partial charge is 0.260 e. The third-order valence-corrected chi connectivity index (χ3v) is 6.09. The van der Waals surface area contributed by atoms with Gasteiger partial charge in [-0.1, -0.05) is 34.1 Å². The maximum Gasteiger partial charge on any atom is 0.260 e. The Morgan fingerprint density at radius 1 is 1.11 bits per heavy atom. The zero-order chi connectivity index (χ0) is 18.6. The molecule has 2 aromatic carbocycles. The molecule has 1 amide bonds. The van der Waals surface area contributed by atoms with Gasteiger partial charge in [-0.2, -0.15) is 0 Å². The molecule has 1 saturated heterocycles. The fraction of sp³-hybridized carbons (Fsp3) is 0.300. The summed E-state index contributed by atoms with van der Waals surface area (Å²) in [5.41, 5.74) is 1.07. The van der Waals surface area contributed by atoms with Gasteiger partial charge in [0.05, 0.1) is 16.8 Å². The molecule has 1 aromatic heterocycles. The zero-order valence-corrected chi connectivity index (χ0v) is 17.2. The number of fused-ring (bicyclic) bond motifs is 1. The van der Waals surface area contributed by atoms with Crippen molar-refractivity contribution in [3.8, 4) is 5.75 Å². The molecule has 7 heteroatoms. The average molecular weight is 446 g/mol. The molecule has 0 bridgehead atoms. The van der Waals surface area contributed by atoms with E-state index in [4.69, 9.17) is 9.72 Å². The van der Waals surface area contributed by atoms with Gasteiger partial charge in [0.25, 0.3) is 5.91 Å². The Labute approximate surface area is 170 Å². The Morgan fingerprint density at radius 2 is 1.93 bits per heavy atom. The van der Waals surface area contributed by atoms with Crippen LogP contribution in [0.15, 0.2) is 53.0 Å². The molecule has 0 unspecified atom stereocenters. The molecule has 0 N–H and O–H groups in total. The molecule has 0 radical (unpaired) electrons. The van der Waals surface area contributed by atoms with Crippen LogP contribution in [0.25, 0.3) is 10.2 Å². The third-order valence-electron chi connectivity index (χ3n) is 4.58. The van der Waals surface area contributed by atoms with Gasteiger partial charge in [-0.25, -0.2) is 4.98 Å². The van der Waals surface area contributed by atoms with Crippen molar-refractivity contribution in [3.63, 3.8) is 0 Å². The van der Waals surface area contributed by atoms with Crippen LogP contribution in [-0.2, 0) is 11.3 Å². The normalized spacial score (nSPS) is 15.2. The molecular formula is C20H20BrN3O2S. The molecule has 1 fully saturated rings. The van der Waals surface area contributed by atoms with E-state index in [1.165, 1.54) is 4.70 Å². The number of para-hydroxylation sites is 1. The average Bonchev–Trinajstić information content (AvgIpc) is 3.09. The number of thiazole rings is 1. The quantitative estimate of drug-likeness (QED) is 0.599. The molecular weight excluding hydrogens is 426 g/mol. The van der Waals surface area contributed by atoms with Crippen LogP contribution >= 0.6 is 27.3 Å². The van der Waals surface area contributed by atoms with Crippen molar-refractivity contribution in [1.29, 1.82) is 0 Å². The fourth-order valence-electron chi connectivity index (χ4n) is 3.13. The second-order valence-electron chi connectivity index (χ2n) is 6.48. The van der Waals surface area contributed by atoms with Gasteiger partial charge in [-0.05, 0) is 30.3 Å². The number of carbonyl (C=O) groups excluding carboxylic acids is 1. The van der Waals surface area contributed by atoms with Crippen LogP contribution in [0.4, 0.5) is 0 Å². The molecule has 5 nitrogen and oxygen atoms in total. The van der Waals surface area contributed by atoms with Crippen LogP contribution in [0.5, 0.6) is 5.75 Å². The first-order valence-corrected chi connectivity index (χ1v) is 10.5. The van der Waals surface area contributed by atoms with Gasteiger partial charge in [0.15, 0.2) is 6.61 Å². The first-order chi connectivity index (χ1) is 13.2. The van der Waals surface area contributed by atoms with E-state index in [0.717, 1.165) is 47.7 Å². The highest BCUT2D eigenvalue weighted by Gasteiger charge is 2.22. The number of ether oxygens (including phenoxy) is 1. The summed E-state index contributed by atoms with van der Waals surface area (Å²) in [6.07, 6.45) is 0. The first-order valence-electron chi connectivity index (χ1n) is 8.90. The van der Waals surface area contributed by atoms with E-state index in [1.54, 1.807) is 11.3 Å². The van der Waals surface area contributed by atoms with Crippen molar-refractivity contribution < 1.29 is 9.53 Å².